The second kappa shape index (κ2) is 10.4. The SMILES string of the molecule is CC(OC(=O)C1CCN(C(=O)c2ccc(C(F)(F)F)cc2)CC1)C(=O)NC1CCCCC1. The van der Waals surface area contributed by atoms with E-state index in [9.17, 15) is 27.6 Å². The summed E-state index contributed by atoms with van der Waals surface area (Å²) in [4.78, 5) is 38.9. The van der Waals surface area contributed by atoms with Crippen LogP contribution in [-0.2, 0) is 20.5 Å². The highest BCUT2D eigenvalue weighted by molar-refractivity contribution is 5.94. The molecule has 1 heterocycles. The van der Waals surface area contributed by atoms with Crippen LogP contribution in [0.3, 0.4) is 0 Å². The van der Waals surface area contributed by atoms with Crippen molar-refractivity contribution in [3.63, 3.8) is 0 Å². The molecule has 2 amide bonds. The number of amides is 2. The average Bonchev–Trinajstić information content (AvgIpc) is 2.78. The van der Waals surface area contributed by atoms with Gasteiger partial charge in [0.25, 0.3) is 11.8 Å². The van der Waals surface area contributed by atoms with Crippen LogP contribution in [0.4, 0.5) is 13.2 Å². The van der Waals surface area contributed by atoms with Gasteiger partial charge in [0.15, 0.2) is 6.10 Å². The Morgan fingerprint density at radius 1 is 1.00 bits per heavy atom. The lowest BCUT2D eigenvalue weighted by atomic mass is 9.95. The molecule has 2 aliphatic rings. The molecule has 0 spiro atoms. The molecule has 9 heteroatoms. The Balaban J connectivity index is 1.45. The van der Waals surface area contributed by atoms with E-state index in [2.05, 4.69) is 5.32 Å². The maximum Gasteiger partial charge on any atom is 0.416 e. The molecule has 2 fully saturated rings. The van der Waals surface area contributed by atoms with E-state index in [-0.39, 0.29) is 23.4 Å². The number of benzene rings is 1. The third-order valence-electron chi connectivity index (χ3n) is 6.19. The van der Waals surface area contributed by atoms with E-state index in [4.69, 9.17) is 4.74 Å². The Bertz CT molecular complexity index is 812. The molecule has 1 atom stereocenters. The summed E-state index contributed by atoms with van der Waals surface area (Å²) in [5.41, 5.74) is -0.635. The number of likely N-dealkylation sites (tertiary alicyclic amines) is 1. The van der Waals surface area contributed by atoms with E-state index in [1.165, 1.54) is 11.3 Å². The van der Waals surface area contributed by atoms with Crippen molar-refractivity contribution in [2.24, 2.45) is 5.92 Å². The van der Waals surface area contributed by atoms with Crippen molar-refractivity contribution in [1.29, 1.82) is 0 Å². The second-order valence-corrected chi connectivity index (χ2v) is 8.56. The fourth-order valence-electron chi connectivity index (χ4n) is 4.19. The number of nitrogens with zero attached hydrogens (tertiary/aromatic N) is 1. The highest BCUT2D eigenvalue weighted by Crippen LogP contribution is 2.29. The summed E-state index contributed by atoms with van der Waals surface area (Å²) < 4.78 is 43.4. The zero-order chi connectivity index (χ0) is 23.3. The van der Waals surface area contributed by atoms with E-state index >= 15 is 0 Å². The van der Waals surface area contributed by atoms with Crippen LogP contribution in [0.5, 0.6) is 0 Å². The number of ether oxygens (including phenoxy) is 1. The fourth-order valence-corrected chi connectivity index (χ4v) is 4.19. The van der Waals surface area contributed by atoms with E-state index in [0.29, 0.717) is 25.9 Å². The van der Waals surface area contributed by atoms with Crippen molar-refractivity contribution in [1.82, 2.24) is 10.2 Å². The molecule has 176 valence electrons. The number of hydrogen-bond acceptors (Lipinski definition) is 4. The molecule has 1 saturated heterocycles. The standard InChI is InChI=1S/C23H29F3N2O4/c1-15(20(29)27-19-5-3-2-4-6-19)32-22(31)17-11-13-28(14-12-17)21(30)16-7-9-18(10-8-16)23(24,25)26/h7-10,15,17,19H,2-6,11-14H2,1H3,(H,27,29). The molecule has 3 rings (SSSR count). The molecule has 0 bridgehead atoms. The van der Waals surface area contributed by atoms with Crippen LogP contribution in [0.2, 0.25) is 0 Å². The first-order chi connectivity index (χ1) is 15.1. The van der Waals surface area contributed by atoms with Gasteiger partial charge in [-0.05, 0) is 56.9 Å². The summed E-state index contributed by atoms with van der Waals surface area (Å²) in [6, 6.07) is 4.24. The van der Waals surface area contributed by atoms with Crippen LogP contribution in [0.15, 0.2) is 24.3 Å². The lowest BCUT2D eigenvalue weighted by molar-refractivity contribution is -0.160. The smallest absolute Gasteiger partial charge is 0.416 e. The van der Waals surface area contributed by atoms with Gasteiger partial charge in [-0.15, -0.1) is 0 Å². The molecule has 1 aromatic carbocycles. The number of rotatable bonds is 5. The highest BCUT2D eigenvalue weighted by Gasteiger charge is 2.33. The zero-order valence-corrected chi connectivity index (χ0v) is 18.1. The first-order valence-corrected chi connectivity index (χ1v) is 11.1. The van der Waals surface area contributed by atoms with Gasteiger partial charge >= 0.3 is 12.1 Å². The van der Waals surface area contributed by atoms with Crippen molar-refractivity contribution < 1.29 is 32.3 Å². The molecule has 1 aliphatic carbocycles. The fraction of sp³-hybridized carbons (Fsp3) is 0.609. The predicted molar refractivity (Wildman–Crippen MR) is 111 cm³/mol. The van der Waals surface area contributed by atoms with Crippen LogP contribution in [0.1, 0.15) is 67.8 Å². The molecule has 1 N–H and O–H groups in total. The van der Waals surface area contributed by atoms with Crippen LogP contribution < -0.4 is 5.32 Å². The van der Waals surface area contributed by atoms with Crippen molar-refractivity contribution in [2.75, 3.05) is 13.1 Å². The number of esters is 1. The van der Waals surface area contributed by atoms with Crippen LogP contribution >= 0.6 is 0 Å². The first-order valence-electron chi connectivity index (χ1n) is 11.1. The lowest BCUT2D eigenvalue weighted by Crippen LogP contribution is -2.44. The van der Waals surface area contributed by atoms with Crippen LogP contribution in [0, 0.1) is 5.92 Å². The van der Waals surface area contributed by atoms with E-state index < -0.39 is 29.7 Å². The Morgan fingerprint density at radius 3 is 2.16 bits per heavy atom. The minimum atomic E-state index is -4.45. The van der Waals surface area contributed by atoms with Gasteiger partial charge in [0, 0.05) is 24.7 Å². The maximum absolute atomic E-state index is 12.7. The summed E-state index contributed by atoms with van der Waals surface area (Å²) >= 11 is 0. The average molecular weight is 454 g/mol. The molecule has 1 aliphatic heterocycles. The number of carbonyl (C=O) groups is 3. The first kappa shape index (κ1) is 24.1. The second-order valence-electron chi connectivity index (χ2n) is 8.56. The summed E-state index contributed by atoms with van der Waals surface area (Å²) in [5.74, 6) is -1.54. The Hall–Kier alpha value is -2.58. The maximum atomic E-state index is 12.7. The van der Waals surface area contributed by atoms with Gasteiger partial charge < -0.3 is 15.0 Å². The van der Waals surface area contributed by atoms with Gasteiger partial charge in [-0.3, -0.25) is 14.4 Å². The number of halogens is 3. The predicted octanol–water partition coefficient (Wildman–Crippen LogP) is 3.94. The number of piperidine rings is 1. The van der Waals surface area contributed by atoms with E-state index in [1.807, 2.05) is 0 Å². The third-order valence-corrected chi connectivity index (χ3v) is 6.19. The zero-order valence-electron chi connectivity index (χ0n) is 18.1. The molecular formula is C23H29F3N2O4. The van der Waals surface area contributed by atoms with Crippen LogP contribution in [0.25, 0.3) is 0 Å². The normalized spacial score (nSPS) is 19.3. The van der Waals surface area contributed by atoms with Crippen molar-refractivity contribution in [3.05, 3.63) is 35.4 Å². The van der Waals surface area contributed by atoms with Crippen molar-refractivity contribution in [2.45, 2.75) is 70.2 Å². The molecule has 1 saturated carbocycles. The van der Waals surface area contributed by atoms with Gasteiger partial charge in [0.05, 0.1) is 11.5 Å². The monoisotopic (exact) mass is 454 g/mol. The summed E-state index contributed by atoms with van der Waals surface area (Å²) in [6.07, 6.45) is 0.657. The minimum Gasteiger partial charge on any atom is -0.452 e. The number of nitrogens with one attached hydrogen (secondary N) is 1. The topological polar surface area (TPSA) is 75.7 Å². The van der Waals surface area contributed by atoms with Gasteiger partial charge in [-0.2, -0.15) is 13.2 Å². The van der Waals surface area contributed by atoms with E-state index in [1.54, 1.807) is 6.92 Å². The number of alkyl halides is 3. The summed E-state index contributed by atoms with van der Waals surface area (Å²) in [6.45, 7) is 2.14. The van der Waals surface area contributed by atoms with Crippen LogP contribution in [-0.4, -0.2) is 47.9 Å². The van der Waals surface area contributed by atoms with Gasteiger partial charge in [-0.1, -0.05) is 19.3 Å². The van der Waals surface area contributed by atoms with Crippen molar-refractivity contribution in [3.8, 4) is 0 Å². The van der Waals surface area contributed by atoms with Gasteiger partial charge in [0.1, 0.15) is 0 Å². The largest absolute Gasteiger partial charge is 0.452 e. The highest BCUT2D eigenvalue weighted by atomic mass is 19.4. The Morgan fingerprint density at radius 2 is 1.59 bits per heavy atom. The molecule has 1 aromatic rings. The van der Waals surface area contributed by atoms with Gasteiger partial charge in [0.2, 0.25) is 0 Å². The van der Waals surface area contributed by atoms with E-state index in [0.717, 1.165) is 49.9 Å². The Kier molecular flexibility index (Phi) is 7.79. The summed E-state index contributed by atoms with van der Waals surface area (Å²) in [7, 11) is 0. The molecule has 1 unspecified atom stereocenters. The quantitative estimate of drug-likeness (QED) is 0.684. The molecule has 0 radical (unpaired) electrons. The molecular weight excluding hydrogens is 425 g/mol. The molecule has 32 heavy (non-hydrogen) atoms. The minimum absolute atomic E-state index is 0.136. The number of carbonyl (C=O) groups excluding carboxylic acids is 3. The number of hydrogen-bond donors (Lipinski definition) is 1. The van der Waals surface area contributed by atoms with Crippen molar-refractivity contribution >= 4 is 17.8 Å². The molecule has 0 aromatic heterocycles. The molecule has 6 nitrogen and oxygen atoms in total. The van der Waals surface area contributed by atoms with Gasteiger partial charge in [-0.25, -0.2) is 0 Å². The summed E-state index contributed by atoms with van der Waals surface area (Å²) in [5, 5.41) is 2.94. The third kappa shape index (κ3) is 6.23. The lowest BCUT2D eigenvalue weighted by Gasteiger charge is -2.31. The Labute approximate surface area is 185 Å².